The predicted octanol–water partition coefficient (Wildman–Crippen LogP) is 3.62. The van der Waals surface area contributed by atoms with Crippen molar-refractivity contribution >= 4 is 23.0 Å². The lowest BCUT2D eigenvalue weighted by Crippen LogP contribution is -2.34. The Morgan fingerprint density at radius 1 is 1.26 bits per heavy atom. The highest BCUT2D eigenvalue weighted by Crippen LogP contribution is 2.30. The maximum Gasteiger partial charge on any atom is 0.317 e. The summed E-state index contributed by atoms with van der Waals surface area (Å²) in [5.74, 6) is -0.842. The van der Waals surface area contributed by atoms with E-state index >= 15 is 0 Å². The summed E-state index contributed by atoms with van der Waals surface area (Å²) < 4.78 is 0. The van der Waals surface area contributed by atoms with Gasteiger partial charge in [-0.3, -0.25) is 19.8 Å². The van der Waals surface area contributed by atoms with Crippen LogP contribution in [0.1, 0.15) is 18.7 Å². The first-order chi connectivity index (χ1) is 10.9. The molecule has 7 heteroatoms. The SMILES string of the molecule is CC(C)N(CC(=O)O)Cc1ccc(-c2ccc([N+](=O)[O-])cc2)s1. The van der Waals surface area contributed by atoms with Crippen LogP contribution in [-0.4, -0.2) is 33.5 Å². The standard InChI is InChI=1S/C16H18N2O4S/c1-11(2)17(10-16(19)20)9-14-7-8-15(23-14)12-3-5-13(6-4-12)18(21)22/h3-8,11H,9-10H2,1-2H3,(H,19,20). The third kappa shape index (κ3) is 4.61. The highest BCUT2D eigenvalue weighted by atomic mass is 32.1. The molecule has 0 aliphatic carbocycles. The number of benzene rings is 1. The second kappa shape index (κ2) is 7.34. The molecule has 122 valence electrons. The van der Waals surface area contributed by atoms with E-state index in [2.05, 4.69) is 0 Å². The van der Waals surface area contributed by atoms with Gasteiger partial charge in [-0.1, -0.05) is 0 Å². The zero-order chi connectivity index (χ0) is 17.0. The Labute approximate surface area is 138 Å². The third-order valence-electron chi connectivity index (χ3n) is 3.45. The molecule has 1 aromatic carbocycles. The summed E-state index contributed by atoms with van der Waals surface area (Å²) >= 11 is 1.57. The number of aliphatic carboxylic acids is 1. The summed E-state index contributed by atoms with van der Waals surface area (Å²) in [4.78, 5) is 25.1. The molecule has 0 spiro atoms. The third-order valence-corrected chi connectivity index (χ3v) is 4.57. The lowest BCUT2D eigenvalue weighted by Gasteiger charge is -2.23. The fourth-order valence-electron chi connectivity index (χ4n) is 2.16. The monoisotopic (exact) mass is 334 g/mol. The molecule has 0 aliphatic heterocycles. The summed E-state index contributed by atoms with van der Waals surface area (Å²) in [5, 5.41) is 19.7. The molecule has 1 N–H and O–H groups in total. The van der Waals surface area contributed by atoms with Gasteiger partial charge in [0.1, 0.15) is 0 Å². The summed E-state index contributed by atoms with van der Waals surface area (Å²) in [7, 11) is 0. The first kappa shape index (κ1) is 17.1. The smallest absolute Gasteiger partial charge is 0.317 e. The Kier molecular flexibility index (Phi) is 5.46. The van der Waals surface area contributed by atoms with Crippen molar-refractivity contribution < 1.29 is 14.8 Å². The molecule has 0 aliphatic rings. The Morgan fingerprint density at radius 3 is 2.43 bits per heavy atom. The molecule has 0 saturated carbocycles. The van der Waals surface area contributed by atoms with E-state index in [0.29, 0.717) is 6.54 Å². The van der Waals surface area contributed by atoms with Crippen molar-refractivity contribution in [2.75, 3.05) is 6.54 Å². The number of thiophene rings is 1. The minimum absolute atomic E-state index is 0.00241. The van der Waals surface area contributed by atoms with Gasteiger partial charge in [0.25, 0.3) is 5.69 Å². The molecule has 0 atom stereocenters. The molecule has 1 aromatic heterocycles. The number of non-ortho nitro benzene ring substituents is 1. The number of nitro groups is 1. The number of rotatable bonds is 7. The zero-order valence-electron chi connectivity index (χ0n) is 12.9. The van der Waals surface area contributed by atoms with Crippen LogP contribution < -0.4 is 0 Å². The fourth-order valence-corrected chi connectivity index (χ4v) is 3.20. The van der Waals surface area contributed by atoms with E-state index in [9.17, 15) is 14.9 Å². The van der Waals surface area contributed by atoms with Gasteiger partial charge in [-0.2, -0.15) is 0 Å². The fraction of sp³-hybridized carbons (Fsp3) is 0.312. The van der Waals surface area contributed by atoms with Crippen LogP contribution in [-0.2, 0) is 11.3 Å². The summed E-state index contributed by atoms with van der Waals surface area (Å²) in [5.41, 5.74) is 0.985. The quantitative estimate of drug-likeness (QED) is 0.617. The molecule has 0 unspecified atom stereocenters. The molecular weight excluding hydrogens is 316 g/mol. The van der Waals surface area contributed by atoms with Crippen LogP contribution in [0.15, 0.2) is 36.4 Å². The average Bonchev–Trinajstić information content (AvgIpc) is 2.94. The van der Waals surface area contributed by atoms with Gasteiger partial charge >= 0.3 is 5.97 Å². The predicted molar refractivity (Wildman–Crippen MR) is 89.6 cm³/mol. The number of carboxylic acids is 1. The van der Waals surface area contributed by atoms with Crippen LogP contribution in [0, 0.1) is 10.1 Å². The van der Waals surface area contributed by atoms with Crippen molar-refractivity contribution in [2.45, 2.75) is 26.4 Å². The average molecular weight is 334 g/mol. The molecule has 0 saturated heterocycles. The normalized spacial score (nSPS) is 11.1. The zero-order valence-corrected chi connectivity index (χ0v) is 13.7. The van der Waals surface area contributed by atoms with Gasteiger partial charge in [-0.25, -0.2) is 0 Å². The second-order valence-corrected chi connectivity index (χ2v) is 6.63. The number of carboxylic acid groups (broad SMARTS) is 1. The molecule has 0 fully saturated rings. The number of hydrogen-bond donors (Lipinski definition) is 1. The minimum atomic E-state index is -0.842. The Bertz CT molecular complexity index is 694. The summed E-state index contributed by atoms with van der Waals surface area (Å²) in [6.45, 7) is 4.51. The van der Waals surface area contributed by atoms with Crippen LogP contribution in [0.25, 0.3) is 10.4 Å². The maximum atomic E-state index is 10.9. The second-order valence-electron chi connectivity index (χ2n) is 5.46. The van der Waals surface area contributed by atoms with Gasteiger partial charge in [-0.05, 0) is 43.7 Å². The molecule has 0 amide bonds. The van der Waals surface area contributed by atoms with E-state index in [1.54, 1.807) is 23.5 Å². The first-order valence-electron chi connectivity index (χ1n) is 7.16. The van der Waals surface area contributed by atoms with E-state index in [1.807, 2.05) is 30.9 Å². The Balaban J connectivity index is 2.13. The highest BCUT2D eigenvalue weighted by molar-refractivity contribution is 7.15. The van der Waals surface area contributed by atoms with Gasteiger partial charge < -0.3 is 5.11 Å². The van der Waals surface area contributed by atoms with Crippen molar-refractivity contribution in [3.63, 3.8) is 0 Å². The van der Waals surface area contributed by atoms with Crippen molar-refractivity contribution in [1.29, 1.82) is 0 Å². The maximum absolute atomic E-state index is 10.9. The molecule has 23 heavy (non-hydrogen) atoms. The number of nitrogens with zero attached hydrogens (tertiary/aromatic N) is 2. The van der Waals surface area contributed by atoms with Gasteiger partial charge in [0.15, 0.2) is 0 Å². The van der Waals surface area contributed by atoms with Gasteiger partial charge in [0.05, 0.1) is 11.5 Å². The number of nitro benzene ring substituents is 1. The van der Waals surface area contributed by atoms with Gasteiger partial charge in [0.2, 0.25) is 0 Å². The van der Waals surface area contributed by atoms with E-state index < -0.39 is 10.9 Å². The number of hydrogen-bond acceptors (Lipinski definition) is 5. The van der Waals surface area contributed by atoms with Gasteiger partial charge in [-0.15, -0.1) is 11.3 Å². The summed E-state index contributed by atoms with van der Waals surface area (Å²) in [6.07, 6.45) is 0. The highest BCUT2D eigenvalue weighted by Gasteiger charge is 2.15. The molecular formula is C16H18N2O4S. The molecule has 2 aromatic rings. The van der Waals surface area contributed by atoms with Crippen molar-refractivity contribution in [3.8, 4) is 10.4 Å². The van der Waals surface area contributed by atoms with Crippen molar-refractivity contribution in [3.05, 3.63) is 51.4 Å². The van der Waals surface area contributed by atoms with Crippen LogP contribution in [0.4, 0.5) is 5.69 Å². The van der Waals surface area contributed by atoms with Crippen LogP contribution in [0.2, 0.25) is 0 Å². The van der Waals surface area contributed by atoms with E-state index in [0.717, 1.165) is 15.3 Å². The van der Waals surface area contributed by atoms with Gasteiger partial charge in [0, 0.05) is 34.5 Å². The summed E-state index contributed by atoms with van der Waals surface area (Å²) in [6, 6.07) is 10.5. The Morgan fingerprint density at radius 2 is 1.91 bits per heavy atom. The Hall–Kier alpha value is -2.25. The molecule has 1 heterocycles. The first-order valence-corrected chi connectivity index (χ1v) is 7.98. The van der Waals surface area contributed by atoms with Crippen LogP contribution in [0.5, 0.6) is 0 Å². The lowest BCUT2D eigenvalue weighted by molar-refractivity contribution is -0.384. The van der Waals surface area contributed by atoms with Crippen LogP contribution >= 0.6 is 11.3 Å². The lowest BCUT2D eigenvalue weighted by atomic mass is 10.2. The molecule has 0 radical (unpaired) electrons. The largest absolute Gasteiger partial charge is 0.480 e. The number of carbonyl (C=O) groups is 1. The van der Waals surface area contributed by atoms with Crippen molar-refractivity contribution in [1.82, 2.24) is 4.90 Å². The topological polar surface area (TPSA) is 83.7 Å². The van der Waals surface area contributed by atoms with Crippen molar-refractivity contribution in [2.24, 2.45) is 0 Å². The molecule has 2 rings (SSSR count). The van der Waals surface area contributed by atoms with E-state index in [4.69, 9.17) is 5.11 Å². The molecule has 0 bridgehead atoms. The minimum Gasteiger partial charge on any atom is -0.480 e. The van der Waals surface area contributed by atoms with Crippen LogP contribution in [0.3, 0.4) is 0 Å². The molecule has 6 nitrogen and oxygen atoms in total. The van der Waals surface area contributed by atoms with E-state index in [-0.39, 0.29) is 18.3 Å². The van der Waals surface area contributed by atoms with E-state index in [1.165, 1.54) is 12.1 Å².